The van der Waals surface area contributed by atoms with Crippen LogP contribution < -0.4 is 20.7 Å². The smallest absolute Gasteiger partial charge is 0.408 e. The zero-order chi connectivity index (χ0) is 21.7. The van der Waals surface area contributed by atoms with E-state index in [4.69, 9.17) is 9.47 Å². The molecule has 3 N–H and O–H groups in total. The fourth-order valence-corrected chi connectivity index (χ4v) is 2.31. The van der Waals surface area contributed by atoms with Crippen LogP contribution in [-0.4, -0.2) is 49.7 Å². The minimum absolute atomic E-state index is 0.0563. The summed E-state index contributed by atoms with van der Waals surface area (Å²) < 4.78 is 10.5. The van der Waals surface area contributed by atoms with Crippen LogP contribution in [0.25, 0.3) is 0 Å². The largest absolute Gasteiger partial charge is 0.484 e. The number of carbonyl (C=O) groups excluding carboxylic acids is 3. The van der Waals surface area contributed by atoms with Crippen molar-refractivity contribution in [3.05, 3.63) is 29.8 Å². The van der Waals surface area contributed by atoms with Crippen LogP contribution in [-0.2, 0) is 20.7 Å². The topological polar surface area (TPSA) is 106 Å². The molecular formula is C21H33N3O5. The van der Waals surface area contributed by atoms with Crippen LogP contribution in [0.3, 0.4) is 0 Å². The molecule has 0 unspecified atom stereocenters. The van der Waals surface area contributed by atoms with Crippen molar-refractivity contribution in [1.29, 1.82) is 0 Å². The van der Waals surface area contributed by atoms with Gasteiger partial charge in [-0.15, -0.1) is 0 Å². The molecule has 0 radical (unpaired) electrons. The van der Waals surface area contributed by atoms with E-state index in [-0.39, 0.29) is 25.0 Å². The molecule has 0 saturated heterocycles. The molecule has 0 fully saturated rings. The molecule has 162 valence electrons. The average molecular weight is 408 g/mol. The standard InChI is InChI=1S/C21H33N3O5/c1-5-7-16-8-10-17(11-9-16)28-15-19(26)23-13-6-12-22-18(25)14-24-20(27)29-21(2,3)4/h8-11H,5-7,12-15H2,1-4H3,(H,22,25)(H,23,26)(H,24,27). The summed E-state index contributed by atoms with van der Waals surface area (Å²) in [7, 11) is 0. The predicted octanol–water partition coefficient (Wildman–Crippen LogP) is 2.17. The van der Waals surface area contributed by atoms with E-state index in [1.165, 1.54) is 5.56 Å². The summed E-state index contributed by atoms with van der Waals surface area (Å²) in [5, 5.41) is 7.77. The van der Waals surface area contributed by atoms with E-state index in [1.54, 1.807) is 20.8 Å². The van der Waals surface area contributed by atoms with Gasteiger partial charge in [0, 0.05) is 13.1 Å². The highest BCUT2D eigenvalue weighted by Crippen LogP contribution is 2.13. The van der Waals surface area contributed by atoms with Crippen LogP contribution in [0.2, 0.25) is 0 Å². The van der Waals surface area contributed by atoms with Crippen molar-refractivity contribution in [3.8, 4) is 5.75 Å². The second-order valence-corrected chi connectivity index (χ2v) is 7.59. The van der Waals surface area contributed by atoms with Gasteiger partial charge in [0.05, 0.1) is 6.54 Å². The van der Waals surface area contributed by atoms with Crippen molar-refractivity contribution in [2.75, 3.05) is 26.2 Å². The number of alkyl carbamates (subject to hydrolysis) is 1. The van der Waals surface area contributed by atoms with Gasteiger partial charge in [0.25, 0.3) is 5.91 Å². The highest BCUT2D eigenvalue weighted by atomic mass is 16.6. The van der Waals surface area contributed by atoms with Crippen molar-refractivity contribution < 1.29 is 23.9 Å². The van der Waals surface area contributed by atoms with Gasteiger partial charge in [-0.2, -0.15) is 0 Å². The number of carbonyl (C=O) groups is 3. The Labute approximate surface area is 172 Å². The third-order valence-electron chi connectivity index (χ3n) is 3.62. The fourth-order valence-electron chi connectivity index (χ4n) is 2.31. The molecule has 0 atom stereocenters. The highest BCUT2D eigenvalue weighted by molar-refractivity contribution is 5.82. The molecule has 1 rings (SSSR count). The molecule has 0 spiro atoms. The van der Waals surface area contributed by atoms with Gasteiger partial charge in [-0.25, -0.2) is 4.79 Å². The Balaban J connectivity index is 2.08. The van der Waals surface area contributed by atoms with Crippen LogP contribution in [0, 0.1) is 0 Å². The lowest BCUT2D eigenvalue weighted by Crippen LogP contribution is -2.40. The van der Waals surface area contributed by atoms with E-state index in [1.807, 2.05) is 24.3 Å². The summed E-state index contributed by atoms with van der Waals surface area (Å²) in [5.41, 5.74) is 0.633. The van der Waals surface area contributed by atoms with E-state index in [9.17, 15) is 14.4 Å². The maximum Gasteiger partial charge on any atom is 0.408 e. The van der Waals surface area contributed by atoms with Crippen LogP contribution in [0.5, 0.6) is 5.75 Å². The Bertz CT molecular complexity index is 653. The zero-order valence-corrected chi connectivity index (χ0v) is 17.8. The molecule has 0 heterocycles. The highest BCUT2D eigenvalue weighted by Gasteiger charge is 2.16. The Morgan fingerprint density at radius 2 is 1.55 bits per heavy atom. The second-order valence-electron chi connectivity index (χ2n) is 7.59. The van der Waals surface area contributed by atoms with Crippen molar-refractivity contribution in [1.82, 2.24) is 16.0 Å². The van der Waals surface area contributed by atoms with Crippen LogP contribution in [0.1, 0.15) is 46.1 Å². The van der Waals surface area contributed by atoms with Gasteiger partial charge in [-0.1, -0.05) is 25.5 Å². The quantitative estimate of drug-likeness (QED) is 0.488. The van der Waals surface area contributed by atoms with E-state index in [0.29, 0.717) is 25.3 Å². The molecule has 0 aromatic heterocycles. The number of hydrogen-bond acceptors (Lipinski definition) is 5. The molecule has 8 nitrogen and oxygen atoms in total. The molecule has 0 aliphatic carbocycles. The first-order valence-electron chi connectivity index (χ1n) is 9.91. The summed E-state index contributed by atoms with van der Waals surface area (Å²) >= 11 is 0. The lowest BCUT2D eigenvalue weighted by atomic mass is 10.1. The third-order valence-corrected chi connectivity index (χ3v) is 3.62. The number of ether oxygens (including phenoxy) is 2. The molecule has 0 bridgehead atoms. The molecule has 0 saturated carbocycles. The molecular weight excluding hydrogens is 374 g/mol. The van der Waals surface area contributed by atoms with Gasteiger partial charge < -0.3 is 25.4 Å². The lowest BCUT2D eigenvalue weighted by molar-refractivity contribution is -0.123. The number of nitrogens with one attached hydrogen (secondary N) is 3. The van der Waals surface area contributed by atoms with Crippen LogP contribution >= 0.6 is 0 Å². The number of aryl methyl sites for hydroxylation is 1. The second kappa shape index (κ2) is 12.6. The first-order chi connectivity index (χ1) is 13.7. The Morgan fingerprint density at radius 1 is 0.931 bits per heavy atom. The van der Waals surface area contributed by atoms with E-state index in [2.05, 4.69) is 22.9 Å². The van der Waals surface area contributed by atoms with Crippen molar-refractivity contribution in [2.24, 2.45) is 0 Å². The molecule has 3 amide bonds. The van der Waals surface area contributed by atoms with Crippen LogP contribution in [0.4, 0.5) is 4.79 Å². The molecule has 8 heteroatoms. The predicted molar refractivity (Wildman–Crippen MR) is 111 cm³/mol. The Morgan fingerprint density at radius 3 is 2.14 bits per heavy atom. The molecule has 1 aromatic rings. The summed E-state index contributed by atoms with van der Waals surface area (Å²) in [4.78, 5) is 34.9. The van der Waals surface area contributed by atoms with E-state index in [0.717, 1.165) is 12.8 Å². The average Bonchev–Trinajstić information content (AvgIpc) is 2.64. The van der Waals surface area contributed by atoms with Crippen molar-refractivity contribution in [2.45, 2.75) is 52.6 Å². The van der Waals surface area contributed by atoms with E-state index < -0.39 is 11.7 Å². The van der Waals surface area contributed by atoms with Crippen molar-refractivity contribution in [3.63, 3.8) is 0 Å². The zero-order valence-electron chi connectivity index (χ0n) is 17.8. The molecule has 0 aliphatic rings. The van der Waals surface area contributed by atoms with Gasteiger partial charge in [0.15, 0.2) is 6.61 Å². The number of amides is 3. The lowest BCUT2D eigenvalue weighted by Gasteiger charge is -2.19. The van der Waals surface area contributed by atoms with Gasteiger partial charge in [0.2, 0.25) is 5.91 Å². The van der Waals surface area contributed by atoms with Gasteiger partial charge in [0.1, 0.15) is 11.4 Å². The number of benzene rings is 1. The molecule has 1 aromatic carbocycles. The summed E-state index contributed by atoms with van der Waals surface area (Å²) in [5.74, 6) is 0.113. The minimum Gasteiger partial charge on any atom is -0.484 e. The maximum absolute atomic E-state index is 11.8. The maximum atomic E-state index is 11.8. The third kappa shape index (κ3) is 12.3. The Hall–Kier alpha value is -2.77. The SMILES string of the molecule is CCCc1ccc(OCC(=O)NCCCNC(=O)CNC(=O)OC(C)(C)C)cc1. The summed E-state index contributed by atoms with van der Waals surface area (Å²) in [6, 6.07) is 7.71. The fraction of sp³-hybridized carbons (Fsp3) is 0.571. The van der Waals surface area contributed by atoms with E-state index >= 15 is 0 Å². The normalized spacial score (nSPS) is 10.8. The monoisotopic (exact) mass is 407 g/mol. The summed E-state index contributed by atoms with van der Waals surface area (Å²) in [6.07, 6.45) is 2.03. The molecule has 29 heavy (non-hydrogen) atoms. The first kappa shape index (κ1) is 24.3. The van der Waals surface area contributed by atoms with Crippen LogP contribution in [0.15, 0.2) is 24.3 Å². The van der Waals surface area contributed by atoms with Gasteiger partial charge >= 0.3 is 6.09 Å². The van der Waals surface area contributed by atoms with Gasteiger partial charge in [-0.05, 0) is 51.3 Å². The first-order valence-corrected chi connectivity index (χ1v) is 9.91. The number of rotatable bonds is 11. The number of hydrogen-bond donors (Lipinski definition) is 3. The minimum atomic E-state index is -0.639. The van der Waals surface area contributed by atoms with Crippen molar-refractivity contribution >= 4 is 17.9 Å². The Kier molecular flexibility index (Phi) is 10.6. The van der Waals surface area contributed by atoms with Gasteiger partial charge in [-0.3, -0.25) is 9.59 Å². The summed E-state index contributed by atoms with van der Waals surface area (Å²) in [6.45, 7) is 7.94. The molecule has 0 aliphatic heterocycles.